The van der Waals surface area contributed by atoms with Crippen LogP contribution < -0.4 is 10.1 Å². The predicted molar refractivity (Wildman–Crippen MR) is 94.6 cm³/mol. The summed E-state index contributed by atoms with van der Waals surface area (Å²) in [5.74, 6) is -2.96. The molecule has 0 heterocycles. The number of benzene rings is 2. The zero-order chi connectivity index (χ0) is 19.6. The molecule has 0 unspecified atom stereocenters. The molecule has 2 N–H and O–H groups in total. The SMILES string of the molecule is COc1ccc(-c2ccc(C(=O)N[C@H]3CC[C@@H](C(=O)O)C3)c(F)c2)c(F)c1. The van der Waals surface area contributed by atoms with Crippen molar-refractivity contribution in [3.63, 3.8) is 0 Å². The second kappa shape index (κ2) is 7.73. The number of rotatable bonds is 5. The first-order valence-corrected chi connectivity index (χ1v) is 8.56. The Morgan fingerprint density at radius 1 is 1.11 bits per heavy atom. The Morgan fingerprint density at radius 3 is 2.48 bits per heavy atom. The van der Waals surface area contributed by atoms with Crippen LogP contribution >= 0.6 is 0 Å². The first-order valence-electron chi connectivity index (χ1n) is 8.56. The van der Waals surface area contributed by atoms with Crippen molar-refractivity contribution in [3.8, 4) is 16.9 Å². The molecule has 1 amide bonds. The zero-order valence-corrected chi connectivity index (χ0v) is 14.7. The van der Waals surface area contributed by atoms with Crippen LogP contribution in [0.2, 0.25) is 0 Å². The Labute approximate surface area is 155 Å². The van der Waals surface area contributed by atoms with Gasteiger partial charge in [0.15, 0.2) is 0 Å². The fraction of sp³-hybridized carbons (Fsp3) is 0.300. The number of aliphatic carboxylic acids is 1. The first kappa shape index (κ1) is 18.8. The van der Waals surface area contributed by atoms with Crippen LogP contribution in [0.4, 0.5) is 8.78 Å². The number of halogens is 2. The van der Waals surface area contributed by atoms with Crippen LogP contribution in [0, 0.1) is 17.6 Å². The molecule has 2 aromatic carbocycles. The van der Waals surface area contributed by atoms with Gasteiger partial charge < -0.3 is 15.2 Å². The maximum Gasteiger partial charge on any atom is 0.306 e. The van der Waals surface area contributed by atoms with Gasteiger partial charge in [0.25, 0.3) is 5.91 Å². The van der Waals surface area contributed by atoms with E-state index in [2.05, 4.69) is 5.32 Å². The molecule has 0 aromatic heterocycles. The van der Waals surface area contributed by atoms with Gasteiger partial charge in [-0.3, -0.25) is 9.59 Å². The largest absolute Gasteiger partial charge is 0.497 e. The number of nitrogens with one attached hydrogen (secondary N) is 1. The Kier molecular flexibility index (Phi) is 5.39. The van der Waals surface area contributed by atoms with Crippen molar-refractivity contribution in [3.05, 3.63) is 53.6 Å². The van der Waals surface area contributed by atoms with Gasteiger partial charge in [0.05, 0.1) is 18.6 Å². The molecule has 3 rings (SSSR count). The summed E-state index contributed by atoms with van der Waals surface area (Å²) in [5, 5.41) is 11.7. The number of carboxylic acid groups (broad SMARTS) is 1. The molecule has 27 heavy (non-hydrogen) atoms. The molecule has 0 bridgehead atoms. The number of carbonyl (C=O) groups excluding carboxylic acids is 1. The van der Waals surface area contributed by atoms with Crippen LogP contribution in [-0.2, 0) is 4.79 Å². The van der Waals surface area contributed by atoms with Gasteiger partial charge in [0, 0.05) is 17.7 Å². The highest BCUT2D eigenvalue weighted by Gasteiger charge is 2.31. The molecular weight excluding hydrogens is 356 g/mol. The van der Waals surface area contributed by atoms with E-state index in [1.807, 2.05) is 0 Å². The van der Waals surface area contributed by atoms with Crippen molar-refractivity contribution in [2.75, 3.05) is 7.11 Å². The van der Waals surface area contributed by atoms with E-state index in [9.17, 15) is 18.4 Å². The molecule has 2 atom stereocenters. The number of carboxylic acids is 1. The monoisotopic (exact) mass is 375 g/mol. The minimum Gasteiger partial charge on any atom is -0.497 e. The number of ether oxygens (including phenoxy) is 1. The fourth-order valence-corrected chi connectivity index (χ4v) is 3.32. The summed E-state index contributed by atoms with van der Waals surface area (Å²) in [6.45, 7) is 0. The van der Waals surface area contributed by atoms with Gasteiger partial charge in [-0.1, -0.05) is 6.07 Å². The highest BCUT2D eigenvalue weighted by molar-refractivity contribution is 5.95. The average molecular weight is 375 g/mol. The number of amides is 1. The molecule has 5 nitrogen and oxygen atoms in total. The molecule has 7 heteroatoms. The maximum absolute atomic E-state index is 14.4. The van der Waals surface area contributed by atoms with Crippen LogP contribution in [0.5, 0.6) is 5.75 Å². The van der Waals surface area contributed by atoms with Crippen LogP contribution in [-0.4, -0.2) is 30.1 Å². The van der Waals surface area contributed by atoms with Crippen molar-refractivity contribution in [2.24, 2.45) is 5.92 Å². The van der Waals surface area contributed by atoms with Gasteiger partial charge in [0.2, 0.25) is 0 Å². The summed E-state index contributed by atoms with van der Waals surface area (Å²) in [7, 11) is 1.42. The molecule has 142 valence electrons. The van der Waals surface area contributed by atoms with Gasteiger partial charge >= 0.3 is 5.97 Å². The van der Waals surface area contributed by atoms with E-state index in [1.54, 1.807) is 6.07 Å². The Bertz CT molecular complexity index is 884. The van der Waals surface area contributed by atoms with E-state index >= 15 is 0 Å². The number of carbonyl (C=O) groups is 2. The number of hydrogen-bond donors (Lipinski definition) is 2. The van der Waals surface area contributed by atoms with Gasteiger partial charge in [-0.15, -0.1) is 0 Å². The normalized spacial score (nSPS) is 18.9. The van der Waals surface area contributed by atoms with Crippen LogP contribution in [0.15, 0.2) is 36.4 Å². The van der Waals surface area contributed by atoms with Crippen molar-refractivity contribution < 1.29 is 28.2 Å². The third-order valence-electron chi connectivity index (χ3n) is 4.82. The van der Waals surface area contributed by atoms with E-state index < -0.39 is 29.4 Å². The lowest BCUT2D eigenvalue weighted by atomic mass is 10.0. The third kappa shape index (κ3) is 4.07. The van der Waals surface area contributed by atoms with Crippen LogP contribution in [0.25, 0.3) is 11.1 Å². The Balaban J connectivity index is 1.75. The van der Waals surface area contributed by atoms with Crippen molar-refractivity contribution in [2.45, 2.75) is 25.3 Å². The molecule has 0 radical (unpaired) electrons. The predicted octanol–water partition coefficient (Wildman–Crippen LogP) is 3.62. The molecule has 0 aliphatic heterocycles. The zero-order valence-electron chi connectivity index (χ0n) is 14.7. The minimum absolute atomic E-state index is 0.161. The molecule has 1 aliphatic carbocycles. The van der Waals surface area contributed by atoms with Crippen LogP contribution in [0.1, 0.15) is 29.6 Å². The molecule has 1 saturated carbocycles. The summed E-state index contributed by atoms with van der Waals surface area (Å²) >= 11 is 0. The molecule has 1 fully saturated rings. The second-order valence-corrected chi connectivity index (χ2v) is 6.56. The van der Waals surface area contributed by atoms with E-state index in [4.69, 9.17) is 9.84 Å². The second-order valence-electron chi connectivity index (χ2n) is 6.56. The summed E-state index contributed by atoms with van der Waals surface area (Å²) in [5.41, 5.74) is 0.337. The summed E-state index contributed by atoms with van der Waals surface area (Å²) < 4.78 is 33.5. The molecular formula is C20H19F2NO4. The van der Waals surface area contributed by atoms with E-state index in [-0.39, 0.29) is 17.2 Å². The van der Waals surface area contributed by atoms with Gasteiger partial charge in [-0.2, -0.15) is 0 Å². The van der Waals surface area contributed by atoms with Crippen molar-refractivity contribution >= 4 is 11.9 Å². The van der Waals surface area contributed by atoms with Gasteiger partial charge in [0.1, 0.15) is 17.4 Å². The van der Waals surface area contributed by atoms with E-state index in [0.717, 1.165) is 6.07 Å². The molecule has 1 aliphatic rings. The molecule has 0 saturated heterocycles. The first-order chi connectivity index (χ1) is 12.9. The van der Waals surface area contributed by atoms with Crippen molar-refractivity contribution in [1.82, 2.24) is 5.32 Å². The standard InChI is InChI=1S/C20H19F2NO4/c1-27-14-5-7-15(18(22)10-14)11-3-6-16(17(21)9-11)19(24)23-13-4-2-12(8-13)20(25)26/h3,5-7,9-10,12-13H,2,4,8H2,1H3,(H,23,24)(H,25,26)/t12-,13+/m1/s1. The highest BCUT2D eigenvalue weighted by Crippen LogP contribution is 2.29. The number of hydrogen-bond acceptors (Lipinski definition) is 3. The summed E-state index contributed by atoms with van der Waals surface area (Å²) in [6, 6.07) is 7.83. The Morgan fingerprint density at radius 2 is 1.89 bits per heavy atom. The molecule has 0 spiro atoms. The van der Waals surface area contributed by atoms with Gasteiger partial charge in [-0.25, -0.2) is 8.78 Å². The highest BCUT2D eigenvalue weighted by atomic mass is 19.1. The van der Waals surface area contributed by atoms with Gasteiger partial charge in [-0.05, 0) is 49.1 Å². The maximum atomic E-state index is 14.4. The van der Waals surface area contributed by atoms with Crippen molar-refractivity contribution in [1.29, 1.82) is 0 Å². The Hall–Kier alpha value is -2.96. The summed E-state index contributed by atoms with van der Waals surface area (Å²) in [6.07, 6.45) is 1.36. The number of methoxy groups -OCH3 is 1. The van der Waals surface area contributed by atoms with E-state index in [0.29, 0.717) is 30.6 Å². The van der Waals surface area contributed by atoms with Crippen LogP contribution in [0.3, 0.4) is 0 Å². The fourth-order valence-electron chi connectivity index (χ4n) is 3.32. The lowest BCUT2D eigenvalue weighted by Crippen LogP contribution is -2.33. The average Bonchev–Trinajstić information content (AvgIpc) is 3.10. The lowest BCUT2D eigenvalue weighted by Gasteiger charge is -2.13. The third-order valence-corrected chi connectivity index (χ3v) is 4.82. The van der Waals surface area contributed by atoms with E-state index in [1.165, 1.54) is 31.4 Å². The lowest BCUT2D eigenvalue weighted by molar-refractivity contribution is -0.141. The summed E-state index contributed by atoms with van der Waals surface area (Å²) in [4.78, 5) is 23.3. The topological polar surface area (TPSA) is 75.6 Å². The quantitative estimate of drug-likeness (QED) is 0.837. The molecule has 2 aromatic rings. The smallest absolute Gasteiger partial charge is 0.306 e. The minimum atomic E-state index is -0.885.